The standard InChI is InChI=1S/C26H33N3O7/c1-26(2,3)36-24(32)27-11-13-35-15-14-34-12-5-6-18-7-9-20-22(16-18)28(4)25(33)29(20)21-10-8-19(30)17-23(21)31/h7,9,16,21H,8,10-15,17H2,1-4H3,(H,27,32). The number of amides is 1. The highest BCUT2D eigenvalue weighted by Gasteiger charge is 2.31. The lowest BCUT2D eigenvalue weighted by atomic mass is 9.93. The minimum absolute atomic E-state index is 0.0777. The molecule has 1 aromatic heterocycles. The maximum Gasteiger partial charge on any atom is 0.407 e. The van der Waals surface area contributed by atoms with Crippen molar-refractivity contribution in [2.45, 2.75) is 51.7 Å². The van der Waals surface area contributed by atoms with Gasteiger partial charge >= 0.3 is 11.8 Å². The maximum absolute atomic E-state index is 12.8. The first-order valence-electron chi connectivity index (χ1n) is 11.9. The molecule has 1 N–H and O–H groups in total. The van der Waals surface area contributed by atoms with E-state index in [1.54, 1.807) is 46.0 Å². The number of aryl methyl sites for hydroxylation is 1. The van der Waals surface area contributed by atoms with E-state index in [1.165, 1.54) is 9.13 Å². The molecule has 0 bridgehead atoms. The number of hydrogen-bond acceptors (Lipinski definition) is 7. The van der Waals surface area contributed by atoms with E-state index in [9.17, 15) is 19.2 Å². The molecule has 0 spiro atoms. The van der Waals surface area contributed by atoms with Gasteiger partial charge in [-0.25, -0.2) is 9.59 Å². The van der Waals surface area contributed by atoms with E-state index in [0.29, 0.717) is 55.8 Å². The number of ether oxygens (including phenoxy) is 3. The largest absolute Gasteiger partial charge is 0.444 e. The van der Waals surface area contributed by atoms with Gasteiger partial charge in [-0.1, -0.05) is 11.8 Å². The van der Waals surface area contributed by atoms with Crippen LogP contribution in [0.5, 0.6) is 0 Å². The van der Waals surface area contributed by atoms with Gasteiger partial charge in [0.2, 0.25) is 0 Å². The summed E-state index contributed by atoms with van der Waals surface area (Å²) in [6.07, 6.45) is 0.0490. The van der Waals surface area contributed by atoms with Crippen LogP contribution < -0.4 is 11.0 Å². The summed E-state index contributed by atoms with van der Waals surface area (Å²) in [5.41, 5.74) is 1.22. The second-order valence-corrected chi connectivity index (χ2v) is 9.55. The number of carbonyl (C=O) groups excluding carboxylic acids is 3. The van der Waals surface area contributed by atoms with Crippen LogP contribution in [0.3, 0.4) is 0 Å². The fourth-order valence-electron chi connectivity index (χ4n) is 3.90. The van der Waals surface area contributed by atoms with E-state index >= 15 is 0 Å². The number of nitrogens with one attached hydrogen (secondary N) is 1. The Morgan fingerprint density at radius 3 is 2.58 bits per heavy atom. The van der Waals surface area contributed by atoms with Crippen LogP contribution >= 0.6 is 0 Å². The van der Waals surface area contributed by atoms with Crippen molar-refractivity contribution in [3.63, 3.8) is 0 Å². The van der Waals surface area contributed by atoms with E-state index in [4.69, 9.17) is 14.2 Å². The number of aromatic nitrogens is 2. The summed E-state index contributed by atoms with van der Waals surface area (Å²) in [5.74, 6) is 5.65. The molecular weight excluding hydrogens is 466 g/mol. The Hall–Kier alpha value is -3.42. The number of alkyl carbamates (subject to hydrolysis) is 1. The SMILES string of the molecule is Cn1c(=O)n(C2CCC(=O)CC2=O)c2ccc(C#CCOCCOCCNC(=O)OC(C)(C)C)cc21. The number of hydrogen-bond donors (Lipinski definition) is 1. The summed E-state index contributed by atoms with van der Waals surface area (Å²) in [6.45, 7) is 7.01. The lowest BCUT2D eigenvalue weighted by molar-refractivity contribution is -0.132. The van der Waals surface area contributed by atoms with Gasteiger partial charge < -0.3 is 19.5 Å². The second-order valence-electron chi connectivity index (χ2n) is 9.55. The van der Waals surface area contributed by atoms with Crippen molar-refractivity contribution in [1.82, 2.24) is 14.5 Å². The molecule has 1 aromatic carbocycles. The number of imidazole rings is 1. The second kappa shape index (κ2) is 12.0. The number of nitrogens with zero attached hydrogens (tertiary/aromatic N) is 2. The molecule has 194 valence electrons. The smallest absolute Gasteiger partial charge is 0.407 e. The first-order chi connectivity index (χ1) is 17.1. The molecule has 36 heavy (non-hydrogen) atoms. The molecule has 0 aliphatic heterocycles. The topological polar surface area (TPSA) is 118 Å². The lowest BCUT2D eigenvalue weighted by Gasteiger charge is -2.21. The average Bonchev–Trinajstić information content (AvgIpc) is 3.04. The highest BCUT2D eigenvalue weighted by atomic mass is 16.6. The zero-order chi connectivity index (χ0) is 26.3. The third-order valence-corrected chi connectivity index (χ3v) is 5.53. The van der Waals surface area contributed by atoms with E-state index in [2.05, 4.69) is 17.2 Å². The Morgan fingerprint density at radius 2 is 1.86 bits per heavy atom. The van der Waals surface area contributed by atoms with Crippen LogP contribution in [0.1, 0.15) is 51.6 Å². The molecule has 1 aliphatic rings. The summed E-state index contributed by atoms with van der Waals surface area (Å²) < 4.78 is 19.0. The lowest BCUT2D eigenvalue weighted by Crippen LogP contribution is -2.34. The molecule has 10 nitrogen and oxygen atoms in total. The quantitative estimate of drug-likeness (QED) is 0.336. The fourth-order valence-corrected chi connectivity index (χ4v) is 3.90. The van der Waals surface area contributed by atoms with Crippen LogP contribution in [0, 0.1) is 11.8 Å². The Balaban J connectivity index is 1.45. The normalized spacial score (nSPS) is 16.1. The van der Waals surface area contributed by atoms with Crippen LogP contribution in [0.4, 0.5) is 4.79 Å². The predicted octanol–water partition coefficient (Wildman–Crippen LogP) is 2.11. The molecule has 1 unspecified atom stereocenters. The van der Waals surface area contributed by atoms with Gasteiger partial charge in [0, 0.05) is 25.6 Å². The Labute approximate surface area is 209 Å². The van der Waals surface area contributed by atoms with E-state index in [-0.39, 0.29) is 30.3 Å². The van der Waals surface area contributed by atoms with Crippen LogP contribution in [0.2, 0.25) is 0 Å². The molecule has 0 radical (unpaired) electrons. The highest BCUT2D eigenvalue weighted by molar-refractivity contribution is 6.03. The Bertz CT molecular complexity index is 1240. The monoisotopic (exact) mass is 499 g/mol. The summed E-state index contributed by atoms with van der Waals surface area (Å²) in [5, 5.41) is 2.61. The van der Waals surface area contributed by atoms with Gasteiger partial charge in [-0.3, -0.25) is 18.7 Å². The molecule has 1 fully saturated rings. The Kier molecular flexibility index (Phi) is 9.07. The first kappa shape index (κ1) is 27.2. The van der Waals surface area contributed by atoms with Gasteiger partial charge in [-0.05, 0) is 45.4 Å². The maximum atomic E-state index is 12.8. The molecule has 2 aromatic rings. The minimum Gasteiger partial charge on any atom is -0.444 e. The van der Waals surface area contributed by atoms with E-state index in [0.717, 1.165) is 0 Å². The van der Waals surface area contributed by atoms with Gasteiger partial charge in [0.15, 0.2) is 5.78 Å². The van der Waals surface area contributed by atoms with Crippen molar-refractivity contribution in [3.8, 4) is 11.8 Å². The fraction of sp³-hybridized carbons (Fsp3) is 0.538. The van der Waals surface area contributed by atoms with Crippen molar-refractivity contribution < 1.29 is 28.6 Å². The number of fused-ring (bicyclic) bond motifs is 1. The number of Topliss-reactive ketones (excluding diaryl/α,β-unsaturated/α-hetero) is 2. The molecule has 1 aliphatic carbocycles. The van der Waals surface area contributed by atoms with Crippen molar-refractivity contribution in [2.24, 2.45) is 7.05 Å². The van der Waals surface area contributed by atoms with Crippen LogP contribution in [-0.4, -0.2) is 65.4 Å². The number of ketones is 2. The number of rotatable bonds is 8. The molecule has 0 saturated heterocycles. The Morgan fingerprint density at radius 1 is 1.11 bits per heavy atom. The summed E-state index contributed by atoms with van der Waals surface area (Å²) in [6, 6.07) is 4.77. The third kappa shape index (κ3) is 7.29. The molecule has 1 heterocycles. The van der Waals surface area contributed by atoms with Crippen LogP contribution in [0.15, 0.2) is 23.0 Å². The zero-order valence-electron chi connectivity index (χ0n) is 21.2. The number of benzene rings is 1. The molecule has 1 amide bonds. The van der Waals surface area contributed by atoms with Crippen molar-refractivity contribution in [2.75, 3.05) is 33.0 Å². The van der Waals surface area contributed by atoms with Gasteiger partial charge in [0.1, 0.15) is 18.0 Å². The molecule has 10 heteroatoms. The summed E-state index contributed by atoms with van der Waals surface area (Å²) in [7, 11) is 1.66. The molecule has 1 atom stereocenters. The first-order valence-corrected chi connectivity index (χ1v) is 11.9. The number of carbonyl (C=O) groups is 3. The predicted molar refractivity (Wildman–Crippen MR) is 133 cm³/mol. The van der Waals surface area contributed by atoms with Crippen molar-refractivity contribution in [3.05, 3.63) is 34.2 Å². The van der Waals surface area contributed by atoms with Crippen molar-refractivity contribution in [1.29, 1.82) is 0 Å². The highest BCUT2D eigenvalue weighted by Crippen LogP contribution is 2.26. The summed E-state index contributed by atoms with van der Waals surface area (Å²) >= 11 is 0. The summed E-state index contributed by atoms with van der Waals surface area (Å²) in [4.78, 5) is 48.3. The van der Waals surface area contributed by atoms with E-state index < -0.39 is 17.7 Å². The van der Waals surface area contributed by atoms with E-state index in [1.807, 2.05) is 0 Å². The minimum atomic E-state index is -0.612. The molecular formula is C26H33N3O7. The van der Waals surface area contributed by atoms with Gasteiger partial charge in [0.25, 0.3) is 0 Å². The van der Waals surface area contributed by atoms with Crippen molar-refractivity contribution >= 4 is 28.7 Å². The molecule has 3 rings (SSSR count). The van der Waals surface area contributed by atoms with Gasteiger partial charge in [0.05, 0.1) is 43.3 Å². The van der Waals surface area contributed by atoms with Crippen LogP contribution in [0.25, 0.3) is 11.0 Å². The van der Waals surface area contributed by atoms with Crippen LogP contribution in [-0.2, 0) is 30.8 Å². The van der Waals surface area contributed by atoms with Gasteiger partial charge in [-0.15, -0.1) is 0 Å². The van der Waals surface area contributed by atoms with Gasteiger partial charge in [-0.2, -0.15) is 0 Å². The zero-order valence-corrected chi connectivity index (χ0v) is 21.2. The molecule has 1 saturated carbocycles. The average molecular weight is 500 g/mol. The third-order valence-electron chi connectivity index (χ3n) is 5.53.